The van der Waals surface area contributed by atoms with Crippen LogP contribution in [0.15, 0.2) is 53.2 Å². The monoisotopic (exact) mass is 556 g/mol. The number of phenolic OH excluding ortho intramolecular Hbond substituents is 1. The van der Waals surface area contributed by atoms with Gasteiger partial charge in [0.2, 0.25) is 17.5 Å². The number of hydrogen-bond donors (Lipinski definition) is 3. The van der Waals surface area contributed by atoms with Gasteiger partial charge in [-0.15, -0.1) is 0 Å². The minimum Gasteiger partial charge on any atom is -0.507 e. The molecule has 3 aromatic rings. The lowest BCUT2D eigenvalue weighted by molar-refractivity contribution is -0.175. The van der Waals surface area contributed by atoms with Crippen LogP contribution in [0.4, 0.5) is 0 Å². The second-order valence-electron chi connectivity index (χ2n) is 10.9. The van der Waals surface area contributed by atoms with Gasteiger partial charge in [0.1, 0.15) is 5.75 Å². The predicted octanol–water partition coefficient (Wildman–Crippen LogP) is 1.41. The van der Waals surface area contributed by atoms with Crippen molar-refractivity contribution in [2.75, 3.05) is 0 Å². The SMILES string of the molecule is NC(=O)C1C(=O)C[C@@H]2C[C@@H]3Cc4c(-c5ccc(CC(=O)c6ccno6)cc5)ccc(O)c4C(=O)C3C(=O)[C@]2(O)C1=O. The molecule has 1 aromatic heterocycles. The Kier molecular flexibility index (Phi) is 6.07. The molecular weight excluding hydrogens is 532 g/mol. The van der Waals surface area contributed by atoms with Crippen molar-refractivity contribution in [3.8, 4) is 16.9 Å². The number of aromatic hydroxyl groups is 1. The number of benzene rings is 2. The van der Waals surface area contributed by atoms with E-state index in [0.717, 1.165) is 5.56 Å². The number of rotatable bonds is 5. The van der Waals surface area contributed by atoms with Gasteiger partial charge >= 0.3 is 0 Å². The Bertz CT molecular complexity index is 1660. The Hall–Kier alpha value is -4.77. The van der Waals surface area contributed by atoms with Gasteiger partial charge in [-0.25, -0.2) is 0 Å². The van der Waals surface area contributed by atoms with Gasteiger partial charge in [0.05, 0.1) is 17.7 Å². The predicted molar refractivity (Wildman–Crippen MR) is 138 cm³/mol. The van der Waals surface area contributed by atoms with Crippen molar-refractivity contribution in [2.45, 2.75) is 31.3 Å². The molecule has 6 rings (SSSR count). The molecular formula is C30H24N2O9. The molecule has 5 atom stereocenters. The Morgan fingerprint density at radius 1 is 1.00 bits per heavy atom. The van der Waals surface area contributed by atoms with E-state index in [2.05, 4.69) is 5.16 Å². The quantitative estimate of drug-likeness (QED) is 0.305. The van der Waals surface area contributed by atoms with Gasteiger partial charge in [0.25, 0.3) is 0 Å². The van der Waals surface area contributed by atoms with E-state index < -0.39 is 64.7 Å². The topological polar surface area (TPSA) is 195 Å². The van der Waals surface area contributed by atoms with Crippen molar-refractivity contribution in [1.29, 1.82) is 0 Å². The first-order valence-electron chi connectivity index (χ1n) is 13.1. The Morgan fingerprint density at radius 3 is 2.39 bits per heavy atom. The highest BCUT2D eigenvalue weighted by molar-refractivity contribution is 6.31. The van der Waals surface area contributed by atoms with Gasteiger partial charge in [0.15, 0.2) is 34.7 Å². The third-order valence-corrected chi connectivity index (χ3v) is 8.63. The molecule has 4 N–H and O–H groups in total. The average molecular weight is 557 g/mol. The smallest absolute Gasteiger partial charge is 0.235 e. The van der Waals surface area contributed by atoms with E-state index in [4.69, 9.17) is 10.3 Å². The van der Waals surface area contributed by atoms with Crippen LogP contribution in [0, 0.1) is 23.7 Å². The van der Waals surface area contributed by atoms with Crippen LogP contribution in [-0.2, 0) is 32.0 Å². The normalized spacial score (nSPS) is 27.1. The second-order valence-corrected chi connectivity index (χ2v) is 10.9. The lowest BCUT2D eigenvalue weighted by atomic mass is 9.53. The summed E-state index contributed by atoms with van der Waals surface area (Å²) in [5.41, 5.74) is 5.02. The Morgan fingerprint density at radius 2 is 1.73 bits per heavy atom. The fraction of sp³-hybridized carbons (Fsp3) is 0.300. The van der Waals surface area contributed by atoms with Crippen molar-refractivity contribution in [1.82, 2.24) is 5.16 Å². The minimum atomic E-state index is -2.69. The van der Waals surface area contributed by atoms with Crippen molar-refractivity contribution in [3.63, 3.8) is 0 Å². The van der Waals surface area contributed by atoms with E-state index in [9.17, 15) is 39.0 Å². The molecule has 0 radical (unpaired) electrons. The van der Waals surface area contributed by atoms with E-state index >= 15 is 0 Å². The molecule has 41 heavy (non-hydrogen) atoms. The average Bonchev–Trinajstić information content (AvgIpc) is 3.47. The van der Waals surface area contributed by atoms with E-state index in [1.165, 1.54) is 18.3 Å². The number of carbonyl (C=O) groups is 6. The molecule has 0 aliphatic heterocycles. The first-order chi connectivity index (χ1) is 19.5. The molecule has 1 heterocycles. The number of fused-ring (bicyclic) bond motifs is 3. The number of nitrogens with two attached hydrogens (primary N) is 1. The summed E-state index contributed by atoms with van der Waals surface area (Å²) >= 11 is 0. The van der Waals surface area contributed by atoms with Crippen molar-refractivity contribution in [2.24, 2.45) is 29.4 Å². The summed E-state index contributed by atoms with van der Waals surface area (Å²) in [4.78, 5) is 77.1. The van der Waals surface area contributed by atoms with E-state index in [1.54, 1.807) is 30.3 Å². The number of carbonyl (C=O) groups excluding carboxylic acids is 6. The number of Topliss-reactive ketones (excluding diaryl/α,β-unsaturated/α-hetero) is 5. The van der Waals surface area contributed by atoms with Gasteiger partial charge in [0, 0.05) is 24.8 Å². The largest absolute Gasteiger partial charge is 0.507 e. The number of hydrogen-bond acceptors (Lipinski definition) is 10. The number of amides is 1. The second kappa shape index (κ2) is 9.41. The van der Waals surface area contributed by atoms with Gasteiger partial charge < -0.3 is 20.5 Å². The van der Waals surface area contributed by atoms with E-state index in [0.29, 0.717) is 16.7 Å². The van der Waals surface area contributed by atoms with Crippen LogP contribution in [0.2, 0.25) is 0 Å². The zero-order chi connectivity index (χ0) is 29.2. The van der Waals surface area contributed by atoms with Crippen molar-refractivity contribution >= 4 is 34.8 Å². The van der Waals surface area contributed by atoms with E-state index in [-0.39, 0.29) is 42.1 Å². The third kappa shape index (κ3) is 3.95. The molecule has 11 heteroatoms. The maximum Gasteiger partial charge on any atom is 0.235 e. The van der Waals surface area contributed by atoms with Crippen LogP contribution in [0.3, 0.4) is 0 Å². The summed E-state index contributed by atoms with van der Waals surface area (Å²) < 4.78 is 4.91. The fourth-order valence-electron chi connectivity index (χ4n) is 6.67. The molecule has 3 aliphatic carbocycles. The van der Waals surface area contributed by atoms with Gasteiger partial charge in [-0.1, -0.05) is 35.5 Å². The van der Waals surface area contributed by atoms with Gasteiger partial charge in [-0.2, -0.15) is 0 Å². The maximum absolute atomic E-state index is 13.7. The summed E-state index contributed by atoms with van der Waals surface area (Å²) in [6.07, 6.45) is 1.26. The van der Waals surface area contributed by atoms with Gasteiger partial charge in [-0.05, 0) is 47.1 Å². The van der Waals surface area contributed by atoms with E-state index in [1.807, 2.05) is 0 Å². The Balaban J connectivity index is 1.34. The van der Waals surface area contributed by atoms with Crippen LogP contribution in [-0.4, -0.2) is 55.8 Å². The summed E-state index contributed by atoms with van der Waals surface area (Å²) in [6.45, 7) is 0. The third-order valence-electron chi connectivity index (χ3n) is 8.63. The van der Waals surface area contributed by atoms with Crippen LogP contribution in [0.1, 0.15) is 44.9 Å². The highest BCUT2D eigenvalue weighted by atomic mass is 16.5. The molecule has 2 unspecified atom stereocenters. The summed E-state index contributed by atoms with van der Waals surface area (Å²) in [5, 5.41) is 25.5. The molecule has 11 nitrogen and oxygen atoms in total. The maximum atomic E-state index is 13.7. The van der Waals surface area contributed by atoms with Crippen molar-refractivity contribution in [3.05, 3.63) is 71.1 Å². The number of phenols is 1. The molecule has 2 fully saturated rings. The minimum absolute atomic E-state index is 0.0127. The Labute approximate surface area is 232 Å². The number of primary amides is 1. The van der Waals surface area contributed by atoms with Crippen LogP contribution in [0.25, 0.3) is 11.1 Å². The molecule has 3 aliphatic rings. The molecule has 208 valence electrons. The zero-order valence-corrected chi connectivity index (χ0v) is 21.5. The number of aliphatic hydroxyl groups is 1. The number of aromatic nitrogens is 1. The first-order valence-corrected chi connectivity index (χ1v) is 13.1. The van der Waals surface area contributed by atoms with Crippen molar-refractivity contribution < 1.29 is 43.5 Å². The summed E-state index contributed by atoms with van der Waals surface area (Å²) in [6, 6.07) is 11.5. The zero-order valence-electron chi connectivity index (χ0n) is 21.5. The molecule has 2 aromatic carbocycles. The molecule has 2 saturated carbocycles. The number of ketones is 5. The lowest BCUT2D eigenvalue weighted by Gasteiger charge is -2.48. The summed E-state index contributed by atoms with van der Waals surface area (Å²) in [5.74, 6) is -10.6. The summed E-state index contributed by atoms with van der Waals surface area (Å²) in [7, 11) is 0. The highest BCUT2D eigenvalue weighted by Crippen LogP contribution is 2.51. The van der Waals surface area contributed by atoms with Crippen LogP contribution >= 0.6 is 0 Å². The van der Waals surface area contributed by atoms with Crippen LogP contribution < -0.4 is 5.73 Å². The fourth-order valence-corrected chi connectivity index (χ4v) is 6.67. The van der Waals surface area contributed by atoms with Gasteiger partial charge in [-0.3, -0.25) is 28.8 Å². The highest BCUT2D eigenvalue weighted by Gasteiger charge is 2.66. The first kappa shape index (κ1) is 26.5. The number of nitrogens with zero attached hydrogens (tertiary/aromatic N) is 1. The molecule has 1 amide bonds. The van der Waals surface area contributed by atoms with Crippen LogP contribution in [0.5, 0.6) is 5.75 Å². The molecule has 0 saturated heterocycles. The lowest BCUT2D eigenvalue weighted by Crippen LogP contribution is -2.68. The molecule has 0 bridgehead atoms. The molecule has 0 spiro atoms. The standard InChI is InChI=1S/C30H24N2O9/c31-29(39)25-21(35)12-16-10-15-11-18-17(14-3-1-13(2-4-14)9-20(34)22-7-8-32-41-22)5-6-19(33)24(18)26(36)23(15)27(37)30(16,40)28(25)38/h1-8,15-16,23,25,33,40H,9-12H2,(H2,31,39)/t15-,16+,23?,25?,30+/m1/s1.